The van der Waals surface area contributed by atoms with Crippen LogP contribution in [-0.4, -0.2) is 25.0 Å². The highest BCUT2D eigenvalue weighted by Crippen LogP contribution is 2.31. The van der Waals surface area contributed by atoms with Crippen molar-refractivity contribution >= 4 is 0 Å². The van der Waals surface area contributed by atoms with Crippen molar-refractivity contribution in [1.82, 2.24) is 4.90 Å². The lowest BCUT2D eigenvalue weighted by molar-refractivity contribution is 0.179. The van der Waals surface area contributed by atoms with Crippen molar-refractivity contribution in [2.45, 2.75) is 40.0 Å². The van der Waals surface area contributed by atoms with E-state index in [-0.39, 0.29) is 0 Å². The predicted molar refractivity (Wildman–Crippen MR) is 77.1 cm³/mol. The minimum Gasteiger partial charge on any atom is -0.306 e. The Morgan fingerprint density at radius 2 is 1.94 bits per heavy atom. The van der Waals surface area contributed by atoms with E-state index >= 15 is 0 Å². The molecule has 17 heavy (non-hydrogen) atoms. The van der Waals surface area contributed by atoms with Crippen molar-refractivity contribution in [2.75, 3.05) is 20.1 Å². The zero-order valence-corrected chi connectivity index (χ0v) is 12.1. The van der Waals surface area contributed by atoms with E-state index in [9.17, 15) is 0 Å². The van der Waals surface area contributed by atoms with E-state index in [0.717, 1.165) is 11.8 Å². The van der Waals surface area contributed by atoms with Crippen LogP contribution in [0.5, 0.6) is 0 Å². The molecule has 1 aliphatic rings. The summed E-state index contributed by atoms with van der Waals surface area (Å²) in [5.74, 6) is 2.26. The molecule has 1 aliphatic heterocycles. The zero-order valence-electron chi connectivity index (χ0n) is 12.1. The molecule has 0 amide bonds. The van der Waals surface area contributed by atoms with Gasteiger partial charge in [-0.2, -0.15) is 0 Å². The first-order valence-electron chi connectivity index (χ1n) is 6.99. The average Bonchev–Trinajstić information content (AvgIpc) is 2.28. The van der Waals surface area contributed by atoms with Crippen LogP contribution < -0.4 is 0 Å². The van der Waals surface area contributed by atoms with Crippen LogP contribution in [0, 0.1) is 17.8 Å². The molecule has 98 valence electrons. The molecule has 1 saturated heterocycles. The maximum Gasteiger partial charge on any atom is -0.00189 e. The maximum atomic E-state index is 3.92. The number of likely N-dealkylation sites (tertiary alicyclic amines) is 1. The minimum absolute atomic E-state index is 0.634. The summed E-state index contributed by atoms with van der Waals surface area (Å²) in [6, 6.07) is 0. The summed E-state index contributed by atoms with van der Waals surface area (Å²) >= 11 is 0. The van der Waals surface area contributed by atoms with Crippen molar-refractivity contribution in [3.05, 3.63) is 24.3 Å². The molecular formula is C16H29N. The molecule has 1 heteroatoms. The maximum absolute atomic E-state index is 3.92. The monoisotopic (exact) mass is 235 g/mol. The van der Waals surface area contributed by atoms with Crippen LogP contribution in [0.2, 0.25) is 0 Å². The van der Waals surface area contributed by atoms with Gasteiger partial charge < -0.3 is 4.90 Å². The highest BCUT2D eigenvalue weighted by molar-refractivity contribution is 5.01. The normalized spacial score (nSPS) is 21.9. The molecule has 0 aromatic rings. The van der Waals surface area contributed by atoms with Gasteiger partial charge >= 0.3 is 0 Å². The summed E-state index contributed by atoms with van der Waals surface area (Å²) in [5.41, 5.74) is 1.46. The van der Waals surface area contributed by atoms with E-state index in [4.69, 9.17) is 0 Å². The van der Waals surface area contributed by atoms with Gasteiger partial charge in [-0.1, -0.05) is 24.6 Å². The van der Waals surface area contributed by atoms with Gasteiger partial charge in [-0.15, -0.1) is 6.58 Å². The van der Waals surface area contributed by atoms with E-state index in [1.54, 1.807) is 0 Å². The number of nitrogens with zero attached hydrogens (tertiary/aromatic N) is 1. The molecule has 0 N–H and O–H groups in total. The Hall–Kier alpha value is -0.560. The molecule has 0 saturated carbocycles. The van der Waals surface area contributed by atoms with Crippen LogP contribution in [0.1, 0.15) is 40.0 Å². The van der Waals surface area contributed by atoms with Crippen molar-refractivity contribution in [3.8, 4) is 0 Å². The SMILES string of the molecule is C=CC(C)CC(C=C(C)C)C1CCN(C)CC1. The van der Waals surface area contributed by atoms with Gasteiger partial charge in [0.15, 0.2) is 0 Å². The first-order chi connectivity index (χ1) is 8.02. The number of allylic oxidation sites excluding steroid dienone is 3. The van der Waals surface area contributed by atoms with Crippen molar-refractivity contribution in [2.24, 2.45) is 17.8 Å². The Bertz CT molecular complexity index is 255. The molecule has 1 heterocycles. The van der Waals surface area contributed by atoms with E-state index in [1.165, 1.54) is 37.9 Å². The summed E-state index contributed by atoms with van der Waals surface area (Å²) in [7, 11) is 2.23. The molecular weight excluding hydrogens is 206 g/mol. The number of hydrogen-bond donors (Lipinski definition) is 0. The highest BCUT2D eigenvalue weighted by Gasteiger charge is 2.24. The fourth-order valence-corrected chi connectivity index (χ4v) is 2.81. The fraction of sp³-hybridized carbons (Fsp3) is 0.750. The molecule has 0 spiro atoms. The lowest BCUT2D eigenvalue weighted by Gasteiger charge is -2.34. The molecule has 0 aromatic heterocycles. The van der Waals surface area contributed by atoms with Gasteiger partial charge in [0.05, 0.1) is 0 Å². The zero-order chi connectivity index (χ0) is 12.8. The third kappa shape index (κ3) is 5.08. The molecule has 0 bridgehead atoms. The number of hydrogen-bond acceptors (Lipinski definition) is 1. The van der Waals surface area contributed by atoms with E-state index in [2.05, 4.69) is 51.4 Å². The van der Waals surface area contributed by atoms with Crippen LogP contribution in [0.25, 0.3) is 0 Å². The summed E-state index contributed by atoms with van der Waals surface area (Å²) in [6.07, 6.45) is 8.57. The van der Waals surface area contributed by atoms with E-state index in [0.29, 0.717) is 5.92 Å². The minimum atomic E-state index is 0.634. The second kappa shape index (κ2) is 7.00. The molecule has 1 nitrogen and oxygen atoms in total. The average molecular weight is 235 g/mol. The Labute approximate surface area is 108 Å². The van der Waals surface area contributed by atoms with Gasteiger partial charge in [-0.3, -0.25) is 0 Å². The third-order valence-corrected chi connectivity index (χ3v) is 3.96. The smallest absolute Gasteiger partial charge is 0.00189 e. The van der Waals surface area contributed by atoms with E-state index < -0.39 is 0 Å². The molecule has 0 aliphatic carbocycles. The summed E-state index contributed by atoms with van der Waals surface area (Å²) in [6.45, 7) is 13.2. The summed E-state index contributed by atoms with van der Waals surface area (Å²) < 4.78 is 0. The Kier molecular flexibility index (Phi) is 5.97. The summed E-state index contributed by atoms with van der Waals surface area (Å²) in [4.78, 5) is 2.45. The highest BCUT2D eigenvalue weighted by atomic mass is 15.1. The second-order valence-electron chi connectivity index (χ2n) is 6.00. The molecule has 2 unspecified atom stereocenters. The van der Waals surface area contributed by atoms with Gasteiger partial charge in [0.1, 0.15) is 0 Å². The largest absolute Gasteiger partial charge is 0.306 e. The number of piperidine rings is 1. The van der Waals surface area contributed by atoms with Gasteiger partial charge in [-0.05, 0) is 71.0 Å². The van der Waals surface area contributed by atoms with Crippen molar-refractivity contribution in [1.29, 1.82) is 0 Å². The van der Waals surface area contributed by atoms with Gasteiger partial charge in [-0.25, -0.2) is 0 Å². The molecule has 2 atom stereocenters. The van der Waals surface area contributed by atoms with Gasteiger partial charge in [0.25, 0.3) is 0 Å². The molecule has 1 rings (SSSR count). The Balaban J connectivity index is 2.62. The van der Waals surface area contributed by atoms with Gasteiger partial charge in [0.2, 0.25) is 0 Å². The van der Waals surface area contributed by atoms with Crippen molar-refractivity contribution in [3.63, 3.8) is 0 Å². The Morgan fingerprint density at radius 3 is 2.41 bits per heavy atom. The van der Waals surface area contributed by atoms with Crippen LogP contribution in [0.3, 0.4) is 0 Å². The first kappa shape index (κ1) is 14.5. The predicted octanol–water partition coefficient (Wildman–Crippen LogP) is 4.12. The van der Waals surface area contributed by atoms with Gasteiger partial charge in [0, 0.05) is 0 Å². The van der Waals surface area contributed by atoms with Crippen LogP contribution >= 0.6 is 0 Å². The number of rotatable bonds is 5. The molecule has 1 fully saturated rings. The third-order valence-electron chi connectivity index (χ3n) is 3.96. The quantitative estimate of drug-likeness (QED) is 0.648. The standard InChI is InChI=1S/C16H29N/c1-6-14(4)12-16(11-13(2)3)15-7-9-17(5)10-8-15/h6,11,14-16H,1,7-10,12H2,2-5H3. The van der Waals surface area contributed by atoms with Crippen LogP contribution in [0.4, 0.5) is 0 Å². The topological polar surface area (TPSA) is 3.24 Å². The fourth-order valence-electron chi connectivity index (χ4n) is 2.81. The molecule has 0 aromatic carbocycles. The van der Waals surface area contributed by atoms with Crippen molar-refractivity contribution < 1.29 is 0 Å². The molecule has 0 radical (unpaired) electrons. The van der Waals surface area contributed by atoms with Crippen LogP contribution in [-0.2, 0) is 0 Å². The van der Waals surface area contributed by atoms with Crippen LogP contribution in [0.15, 0.2) is 24.3 Å². The Morgan fingerprint density at radius 1 is 1.35 bits per heavy atom. The lowest BCUT2D eigenvalue weighted by atomic mass is 9.79. The second-order valence-corrected chi connectivity index (χ2v) is 6.00. The summed E-state index contributed by atoms with van der Waals surface area (Å²) in [5, 5.41) is 0. The lowest BCUT2D eigenvalue weighted by Crippen LogP contribution is -2.33. The van der Waals surface area contributed by atoms with E-state index in [1.807, 2.05) is 0 Å². The first-order valence-corrected chi connectivity index (χ1v) is 6.99.